The summed E-state index contributed by atoms with van der Waals surface area (Å²) in [7, 11) is 0. The predicted molar refractivity (Wildman–Crippen MR) is 121 cm³/mol. The molecule has 2 aromatic heterocycles. The van der Waals surface area contributed by atoms with Gasteiger partial charge in [0.25, 0.3) is 0 Å². The molecule has 0 aliphatic heterocycles. The van der Waals surface area contributed by atoms with Crippen molar-refractivity contribution in [2.24, 2.45) is 0 Å². The van der Waals surface area contributed by atoms with Gasteiger partial charge < -0.3 is 5.32 Å². The Kier molecular flexibility index (Phi) is 6.26. The summed E-state index contributed by atoms with van der Waals surface area (Å²) in [5, 5.41) is 3.93. The number of halogens is 4. The number of alkyl halides is 4. The Morgan fingerprint density at radius 2 is 1.76 bits per heavy atom. The van der Waals surface area contributed by atoms with Crippen molar-refractivity contribution in [1.29, 1.82) is 0 Å². The number of pyridine rings is 1. The van der Waals surface area contributed by atoms with Crippen molar-refractivity contribution in [3.8, 4) is 11.3 Å². The number of rotatable bonds is 6. The van der Waals surface area contributed by atoms with Crippen molar-refractivity contribution < 1.29 is 17.6 Å². The Hall–Kier alpha value is -3.55. The van der Waals surface area contributed by atoms with Crippen molar-refractivity contribution in [2.75, 3.05) is 12.0 Å². The number of benzene rings is 2. The van der Waals surface area contributed by atoms with Crippen LogP contribution in [0.4, 0.5) is 29.1 Å². The molecule has 0 saturated carbocycles. The quantitative estimate of drug-likeness (QED) is 0.316. The zero-order valence-corrected chi connectivity index (χ0v) is 18.1. The maximum Gasteiger partial charge on any atom is 0.418 e. The summed E-state index contributed by atoms with van der Waals surface area (Å²) in [6, 6.07) is 14.6. The maximum atomic E-state index is 13.5. The summed E-state index contributed by atoms with van der Waals surface area (Å²) >= 11 is 0. The number of aromatic nitrogens is 3. The van der Waals surface area contributed by atoms with Crippen LogP contribution in [0.1, 0.15) is 36.7 Å². The first-order chi connectivity index (χ1) is 15.8. The molecule has 8 heteroatoms. The first-order valence-corrected chi connectivity index (χ1v) is 10.6. The lowest BCUT2D eigenvalue weighted by atomic mass is 10.0. The van der Waals surface area contributed by atoms with E-state index in [9.17, 15) is 17.6 Å². The van der Waals surface area contributed by atoms with Crippen molar-refractivity contribution in [1.82, 2.24) is 15.0 Å². The van der Waals surface area contributed by atoms with Gasteiger partial charge in [-0.1, -0.05) is 32.0 Å². The second kappa shape index (κ2) is 9.13. The molecule has 4 rings (SSSR count). The molecule has 1 unspecified atom stereocenters. The van der Waals surface area contributed by atoms with Gasteiger partial charge in [-0.3, -0.25) is 9.37 Å². The lowest BCUT2D eigenvalue weighted by Gasteiger charge is -2.14. The van der Waals surface area contributed by atoms with E-state index in [0.717, 1.165) is 17.3 Å². The van der Waals surface area contributed by atoms with Gasteiger partial charge in [-0.2, -0.15) is 13.2 Å². The van der Waals surface area contributed by atoms with Gasteiger partial charge in [-0.15, -0.1) is 0 Å². The molecule has 170 valence electrons. The Balaban J connectivity index is 1.76. The second-order valence-electron chi connectivity index (χ2n) is 7.77. The molecule has 4 nitrogen and oxygen atoms in total. The molecule has 0 aliphatic carbocycles. The van der Waals surface area contributed by atoms with Crippen LogP contribution in [0.3, 0.4) is 0 Å². The highest BCUT2D eigenvalue weighted by atomic mass is 19.4. The molecule has 0 radical (unpaired) electrons. The van der Waals surface area contributed by atoms with Gasteiger partial charge in [0, 0.05) is 35.2 Å². The highest BCUT2D eigenvalue weighted by Gasteiger charge is 2.34. The molecule has 0 bridgehead atoms. The fourth-order valence-electron chi connectivity index (χ4n) is 3.56. The summed E-state index contributed by atoms with van der Waals surface area (Å²) in [5.41, 5.74) is 1.56. The Morgan fingerprint density at radius 1 is 1.00 bits per heavy atom. The number of fused-ring (bicyclic) bond motifs is 1. The molecule has 2 aromatic carbocycles. The smallest absolute Gasteiger partial charge is 0.340 e. The minimum absolute atomic E-state index is 0.143. The van der Waals surface area contributed by atoms with Crippen LogP contribution in [0.25, 0.3) is 22.2 Å². The van der Waals surface area contributed by atoms with E-state index < -0.39 is 18.4 Å². The van der Waals surface area contributed by atoms with E-state index in [-0.39, 0.29) is 11.6 Å². The average molecular weight is 454 g/mol. The number of aryl methyl sites for hydroxylation is 1. The number of anilines is 2. The first-order valence-electron chi connectivity index (χ1n) is 10.6. The maximum absolute atomic E-state index is 13.5. The van der Waals surface area contributed by atoms with Crippen LogP contribution in [-0.4, -0.2) is 21.6 Å². The van der Waals surface area contributed by atoms with E-state index >= 15 is 0 Å². The van der Waals surface area contributed by atoms with Gasteiger partial charge in [0.1, 0.15) is 11.6 Å². The summed E-state index contributed by atoms with van der Waals surface area (Å²) < 4.78 is 53.4. The SMILES string of the molecule is CCc1nc(Nc2ccc(C(C)CF)cc2)c2ccc(-c3ncccc3C(F)(F)F)cc2n1. The Morgan fingerprint density at radius 3 is 2.42 bits per heavy atom. The average Bonchev–Trinajstić information content (AvgIpc) is 2.83. The number of nitrogens with zero attached hydrogens (tertiary/aromatic N) is 3. The molecule has 1 atom stereocenters. The lowest BCUT2D eigenvalue weighted by molar-refractivity contribution is -0.137. The third-order valence-electron chi connectivity index (χ3n) is 5.42. The van der Waals surface area contributed by atoms with Crippen LogP contribution in [-0.2, 0) is 12.6 Å². The fraction of sp³-hybridized carbons (Fsp3) is 0.240. The number of nitrogens with one attached hydrogen (secondary N) is 1. The molecule has 2 heterocycles. The zero-order valence-electron chi connectivity index (χ0n) is 18.1. The van der Waals surface area contributed by atoms with Crippen LogP contribution in [0.5, 0.6) is 0 Å². The summed E-state index contributed by atoms with van der Waals surface area (Å²) in [6.45, 7) is 3.29. The number of hydrogen-bond donors (Lipinski definition) is 1. The van der Waals surface area contributed by atoms with Crippen LogP contribution in [0, 0.1) is 0 Å². The van der Waals surface area contributed by atoms with Crippen LogP contribution in [0.15, 0.2) is 60.8 Å². The Bertz CT molecular complexity index is 1270. The van der Waals surface area contributed by atoms with E-state index in [0.29, 0.717) is 34.5 Å². The van der Waals surface area contributed by atoms with Gasteiger partial charge in [-0.25, -0.2) is 9.97 Å². The van der Waals surface area contributed by atoms with E-state index in [4.69, 9.17) is 0 Å². The highest BCUT2D eigenvalue weighted by Crippen LogP contribution is 2.37. The molecule has 0 saturated heterocycles. The van der Waals surface area contributed by atoms with E-state index in [2.05, 4.69) is 20.3 Å². The minimum Gasteiger partial charge on any atom is -0.340 e. The zero-order chi connectivity index (χ0) is 23.6. The lowest BCUT2D eigenvalue weighted by Crippen LogP contribution is -2.08. The highest BCUT2D eigenvalue weighted by molar-refractivity contribution is 5.93. The van der Waals surface area contributed by atoms with Crippen LogP contribution < -0.4 is 5.32 Å². The third-order valence-corrected chi connectivity index (χ3v) is 5.42. The number of hydrogen-bond acceptors (Lipinski definition) is 4. The molecular formula is C25H22F4N4. The van der Waals surface area contributed by atoms with Crippen molar-refractivity contribution >= 4 is 22.4 Å². The molecule has 0 amide bonds. The first kappa shape index (κ1) is 22.6. The molecule has 1 N–H and O–H groups in total. The molecule has 0 aliphatic rings. The van der Waals surface area contributed by atoms with Crippen LogP contribution >= 0.6 is 0 Å². The van der Waals surface area contributed by atoms with E-state index in [1.807, 2.05) is 38.1 Å². The largest absolute Gasteiger partial charge is 0.418 e. The van der Waals surface area contributed by atoms with Crippen LogP contribution in [0.2, 0.25) is 0 Å². The van der Waals surface area contributed by atoms with Gasteiger partial charge in [0.2, 0.25) is 0 Å². The van der Waals surface area contributed by atoms with Gasteiger partial charge >= 0.3 is 6.18 Å². The summed E-state index contributed by atoms with van der Waals surface area (Å²) in [5.74, 6) is 0.922. The standard InChI is InChI=1S/C25H22F4N4/c1-3-22-32-21-13-17(23-20(25(27,28)29)5-4-12-30-23)8-11-19(21)24(33-22)31-18-9-6-16(7-10-18)15(2)14-26/h4-13,15H,3,14H2,1-2H3,(H,31,32,33). The second-order valence-corrected chi connectivity index (χ2v) is 7.77. The minimum atomic E-state index is -4.52. The molecular weight excluding hydrogens is 432 g/mol. The molecule has 4 aromatic rings. The van der Waals surface area contributed by atoms with E-state index in [1.165, 1.54) is 12.3 Å². The van der Waals surface area contributed by atoms with Crippen molar-refractivity contribution in [3.05, 3.63) is 77.7 Å². The normalized spacial score (nSPS) is 12.7. The van der Waals surface area contributed by atoms with Crippen molar-refractivity contribution in [3.63, 3.8) is 0 Å². The van der Waals surface area contributed by atoms with E-state index in [1.54, 1.807) is 18.2 Å². The molecule has 0 spiro atoms. The summed E-state index contributed by atoms with van der Waals surface area (Å²) in [6.07, 6.45) is -2.62. The Labute approximate surface area is 188 Å². The van der Waals surface area contributed by atoms with Gasteiger partial charge in [0.05, 0.1) is 23.4 Å². The van der Waals surface area contributed by atoms with Gasteiger partial charge in [-0.05, 0) is 42.0 Å². The molecule has 0 fully saturated rings. The van der Waals surface area contributed by atoms with Gasteiger partial charge in [0.15, 0.2) is 0 Å². The monoisotopic (exact) mass is 454 g/mol. The predicted octanol–water partition coefficient (Wildman–Crippen LogP) is 7.09. The summed E-state index contributed by atoms with van der Waals surface area (Å²) in [4.78, 5) is 13.1. The topological polar surface area (TPSA) is 50.7 Å². The molecule has 33 heavy (non-hydrogen) atoms. The fourth-order valence-corrected chi connectivity index (χ4v) is 3.56. The van der Waals surface area contributed by atoms with Crippen molar-refractivity contribution in [2.45, 2.75) is 32.4 Å². The third kappa shape index (κ3) is 4.79.